The van der Waals surface area contributed by atoms with Crippen molar-refractivity contribution >= 4 is 11.6 Å². The molecule has 2 unspecified atom stereocenters. The summed E-state index contributed by atoms with van der Waals surface area (Å²) in [6, 6.07) is 12.0. The molecule has 0 saturated heterocycles. The summed E-state index contributed by atoms with van der Waals surface area (Å²) < 4.78 is 13.8. The Kier molecular flexibility index (Phi) is 10.3. The molecule has 2 atom stereocenters. The van der Waals surface area contributed by atoms with Crippen molar-refractivity contribution in [2.24, 2.45) is 17.8 Å². The molecule has 0 fully saturated rings. The van der Waals surface area contributed by atoms with Crippen molar-refractivity contribution in [3.8, 4) is 0 Å². The molecule has 0 spiro atoms. The number of hydrogen-bond donors (Lipinski definition) is 0. The van der Waals surface area contributed by atoms with Crippen LogP contribution in [-0.4, -0.2) is 0 Å². The number of hydrogen-bond acceptors (Lipinski definition) is 0. The quantitative estimate of drug-likeness (QED) is 0.403. The van der Waals surface area contributed by atoms with Gasteiger partial charge in [-0.2, -0.15) is 0 Å². The van der Waals surface area contributed by atoms with Gasteiger partial charge in [0.1, 0.15) is 5.82 Å². The van der Waals surface area contributed by atoms with Gasteiger partial charge in [-0.3, -0.25) is 0 Å². The maximum absolute atomic E-state index is 13.8. The Balaban J connectivity index is 0.000000224. The second-order valence-electron chi connectivity index (χ2n) is 11.0. The first-order chi connectivity index (χ1) is 16.1. The first kappa shape index (κ1) is 28.9. The zero-order valence-electron chi connectivity index (χ0n) is 23.2. The van der Waals surface area contributed by atoms with Gasteiger partial charge < -0.3 is 0 Å². The third-order valence-electron chi connectivity index (χ3n) is 9.03. The van der Waals surface area contributed by atoms with Crippen LogP contribution in [0.1, 0.15) is 110 Å². The van der Waals surface area contributed by atoms with E-state index in [4.69, 9.17) is 11.6 Å². The molecule has 2 aliphatic rings. The van der Waals surface area contributed by atoms with Crippen molar-refractivity contribution in [3.63, 3.8) is 0 Å². The molecule has 2 heteroatoms. The van der Waals surface area contributed by atoms with Crippen molar-refractivity contribution in [3.05, 3.63) is 69.5 Å². The van der Waals surface area contributed by atoms with Gasteiger partial charge in [0.25, 0.3) is 0 Å². The summed E-state index contributed by atoms with van der Waals surface area (Å²) >= 11 is 6.31. The molecule has 0 saturated carbocycles. The fourth-order valence-electron chi connectivity index (χ4n) is 6.66. The van der Waals surface area contributed by atoms with E-state index in [0.29, 0.717) is 23.2 Å². The molecule has 2 aromatic rings. The van der Waals surface area contributed by atoms with Crippen LogP contribution >= 0.6 is 11.6 Å². The Morgan fingerprint density at radius 2 is 1.44 bits per heavy atom. The van der Waals surface area contributed by atoms with E-state index in [0.717, 1.165) is 36.3 Å². The topological polar surface area (TPSA) is 0 Å². The third kappa shape index (κ3) is 5.25. The summed E-state index contributed by atoms with van der Waals surface area (Å²) in [5.41, 5.74) is 5.63. The van der Waals surface area contributed by atoms with Crippen LogP contribution in [0.3, 0.4) is 0 Å². The highest BCUT2D eigenvalue weighted by atomic mass is 35.5. The van der Waals surface area contributed by atoms with Crippen molar-refractivity contribution in [2.75, 3.05) is 0 Å². The average molecular weight is 487 g/mol. The third-order valence-corrected chi connectivity index (χ3v) is 9.38. The van der Waals surface area contributed by atoms with Crippen molar-refractivity contribution in [2.45, 2.75) is 112 Å². The van der Waals surface area contributed by atoms with Gasteiger partial charge in [-0.15, -0.1) is 0 Å². The lowest BCUT2D eigenvalue weighted by molar-refractivity contribution is 0.218. The molecule has 0 radical (unpaired) electrons. The number of halogens is 2. The number of rotatable bonds is 4. The highest BCUT2D eigenvalue weighted by molar-refractivity contribution is 6.31. The summed E-state index contributed by atoms with van der Waals surface area (Å²) in [6.07, 6.45) is 6.78. The van der Waals surface area contributed by atoms with Crippen molar-refractivity contribution in [1.82, 2.24) is 0 Å². The summed E-state index contributed by atoms with van der Waals surface area (Å²) in [5.74, 6) is 1.96. The van der Waals surface area contributed by atoms with Crippen LogP contribution in [0.15, 0.2) is 36.4 Å². The normalized spacial score (nSPS) is 21.1. The lowest BCUT2D eigenvalue weighted by atomic mass is 9.64. The molecular weight excluding hydrogens is 439 g/mol. The zero-order valence-corrected chi connectivity index (χ0v) is 24.0. The van der Waals surface area contributed by atoms with Gasteiger partial charge in [-0.05, 0) is 89.7 Å². The first-order valence-corrected chi connectivity index (χ1v) is 14.0. The average Bonchev–Trinajstić information content (AvgIpc) is 3.23. The molecule has 190 valence electrons. The molecule has 0 heterocycles. The van der Waals surface area contributed by atoms with E-state index in [2.05, 4.69) is 66.7 Å². The molecule has 34 heavy (non-hydrogen) atoms. The van der Waals surface area contributed by atoms with Crippen molar-refractivity contribution < 1.29 is 4.39 Å². The van der Waals surface area contributed by atoms with E-state index in [1.807, 2.05) is 26.0 Å². The van der Waals surface area contributed by atoms with E-state index >= 15 is 0 Å². The van der Waals surface area contributed by atoms with E-state index < -0.39 is 0 Å². The monoisotopic (exact) mass is 486 g/mol. The summed E-state index contributed by atoms with van der Waals surface area (Å²) in [7, 11) is 0. The van der Waals surface area contributed by atoms with Gasteiger partial charge in [0.2, 0.25) is 0 Å². The summed E-state index contributed by atoms with van der Waals surface area (Å²) in [5, 5.41) is 0.959. The minimum absolute atomic E-state index is 0.00766. The lowest BCUT2D eigenvalue weighted by Gasteiger charge is -2.41. The maximum atomic E-state index is 13.8. The van der Waals surface area contributed by atoms with E-state index in [-0.39, 0.29) is 11.2 Å². The van der Waals surface area contributed by atoms with Gasteiger partial charge in [-0.1, -0.05) is 105 Å². The first-order valence-electron chi connectivity index (χ1n) is 13.6. The standard InChI is InChI=1S/C15H21Cl.C15H21F.C2H6/c1-10(2)15(11(3)4)9-8-12-13(15)6-5-7-14(12)16;1-4-11(2)15(3)10-6-7-12-13(15)8-5-9-14(12)16;1-2/h5-7,10-11H,8-9H2,1-4H3;5,8-9,11H,4,6-7,10H2,1-3H3;1-2H3. The Hall–Kier alpha value is -1.34. The second kappa shape index (κ2) is 12.1. The van der Waals surface area contributed by atoms with Crippen LogP contribution in [0, 0.1) is 23.6 Å². The van der Waals surface area contributed by atoms with Crippen LogP contribution in [-0.2, 0) is 23.7 Å². The minimum Gasteiger partial charge on any atom is -0.207 e. The second-order valence-corrected chi connectivity index (χ2v) is 11.4. The van der Waals surface area contributed by atoms with Crippen LogP contribution in [0.25, 0.3) is 0 Å². The van der Waals surface area contributed by atoms with Crippen LogP contribution < -0.4 is 0 Å². The number of benzene rings is 2. The predicted molar refractivity (Wildman–Crippen MR) is 149 cm³/mol. The van der Waals surface area contributed by atoms with Gasteiger partial charge in [-0.25, -0.2) is 4.39 Å². The highest BCUT2D eigenvalue weighted by Crippen LogP contribution is 2.50. The highest BCUT2D eigenvalue weighted by Gasteiger charge is 2.44. The molecule has 2 aliphatic carbocycles. The van der Waals surface area contributed by atoms with Gasteiger partial charge in [0.15, 0.2) is 0 Å². The Morgan fingerprint density at radius 1 is 0.853 bits per heavy atom. The lowest BCUT2D eigenvalue weighted by Crippen LogP contribution is -2.35. The van der Waals surface area contributed by atoms with Crippen molar-refractivity contribution in [1.29, 1.82) is 0 Å². The molecule has 2 aromatic carbocycles. The Labute approximate surface area is 214 Å². The van der Waals surface area contributed by atoms with E-state index in [1.165, 1.54) is 29.5 Å². The smallest absolute Gasteiger partial charge is 0.126 e. The Morgan fingerprint density at radius 3 is 2.03 bits per heavy atom. The van der Waals surface area contributed by atoms with E-state index in [1.54, 1.807) is 6.07 Å². The Bertz CT molecular complexity index is 921. The molecule has 0 aromatic heterocycles. The summed E-state index contributed by atoms with van der Waals surface area (Å²) in [4.78, 5) is 0. The largest absolute Gasteiger partial charge is 0.207 e. The molecule has 0 bridgehead atoms. The maximum Gasteiger partial charge on any atom is 0.126 e. The fourth-order valence-corrected chi connectivity index (χ4v) is 6.93. The zero-order chi connectivity index (χ0) is 25.7. The minimum atomic E-state index is -0.00766. The van der Waals surface area contributed by atoms with Gasteiger partial charge in [0, 0.05) is 10.4 Å². The van der Waals surface area contributed by atoms with Gasteiger partial charge >= 0.3 is 0 Å². The SMILES string of the molecule is CC.CC(C)C1(C(C)C)CCc2c(Cl)cccc21.CCC(C)C1(C)CCCc2c(F)cccc21. The fraction of sp³-hybridized carbons (Fsp3) is 0.625. The molecule has 0 N–H and O–H groups in total. The predicted octanol–water partition coefficient (Wildman–Crippen LogP) is 10.3. The summed E-state index contributed by atoms with van der Waals surface area (Å²) in [6.45, 7) is 20.2. The molecule has 0 aliphatic heterocycles. The molecule has 0 amide bonds. The van der Waals surface area contributed by atoms with Crippen LogP contribution in [0.5, 0.6) is 0 Å². The number of fused-ring (bicyclic) bond motifs is 2. The van der Waals surface area contributed by atoms with Crippen LogP contribution in [0.4, 0.5) is 4.39 Å². The van der Waals surface area contributed by atoms with Crippen LogP contribution in [0.2, 0.25) is 5.02 Å². The van der Waals surface area contributed by atoms with E-state index in [9.17, 15) is 4.39 Å². The molecular formula is C32H48ClF. The molecule has 4 rings (SSSR count). The van der Waals surface area contributed by atoms with Gasteiger partial charge in [0.05, 0.1) is 0 Å². The molecule has 0 nitrogen and oxygen atoms in total.